The van der Waals surface area contributed by atoms with E-state index < -0.39 is 56.7 Å². The average molecular weight is 716 g/mol. The Labute approximate surface area is 297 Å². The first-order valence-corrected chi connectivity index (χ1v) is 18.8. The molecule has 1 aromatic heterocycles. The normalized spacial score (nSPS) is 23.5. The number of aromatic nitrogens is 1. The van der Waals surface area contributed by atoms with Gasteiger partial charge in [0.2, 0.25) is 0 Å². The van der Waals surface area contributed by atoms with Gasteiger partial charge in [-0.15, -0.1) is 0 Å². The topological polar surface area (TPSA) is 173 Å². The summed E-state index contributed by atoms with van der Waals surface area (Å²) >= 11 is 0. The molecular formula is C36H42BN5O8S. The van der Waals surface area contributed by atoms with Gasteiger partial charge in [-0.3, -0.25) is 0 Å². The molecule has 2 saturated carbocycles. The molecule has 15 heteroatoms. The summed E-state index contributed by atoms with van der Waals surface area (Å²) in [5, 5.41) is 2.95. The summed E-state index contributed by atoms with van der Waals surface area (Å²) in [6, 6.07) is 14.8. The van der Waals surface area contributed by atoms with Crippen LogP contribution >= 0.6 is 0 Å². The third-order valence-corrected chi connectivity index (χ3v) is 11.7. The molecule has 2 aliphatic carbocycles. The van der Waals surface area contributed by atoms with Gasteiger partial charge in [0.25, 0.3) is 0 Å². The number of hydrogen-bond acceptors (Lipinski definition) is 10. The Bertz CT molecular complexity index is 1970. The summed E-state index contributed by atoms with van der Waals surface area (Å²) in [4.78, 5) is 52.2. The minimum absolute atomic E-state index is 0.0177. The van der Waals surface area contributed by atoms with Gasteiger partial charge in [-0.05, 0) is 12.8 Å². The quantitative estimate of drug-likeness (QED) is 0.188. The Balaban J connectivity index is 1.32. The maximum atomic E-state index is 14.2. The van der Waals surface area contributed by atoms with Crippen LogP contribution in [0.15, 0.2) is 59.6 Å². The summed E-state index contributed by atoms with van der Waals surface area (Å²) in [7, 11) is -1.79. The van der Waals surface area contributed by atoms with Crippen molar-refractivity contribution in [1.82, 2.24) is 19.9 Å². The molecule has 13 nitrogen and oxygen atoms in total. The van der Waals surface area contributed by atoms with E-state index >= 15 is 0 Å². The predicted molar refractivity (Wildman–Crippen MR) is 191 cm³/mol. The molecule has 2 aromatic carbocycles. The second-order valence-corrected chi connectivity index (χ2v) is 15.8. The zero-order valence-electron chi connectivity index (χ0n) is 29.1. The van der Waals surface area contributed by atoms with Crippen molar-refractivity contribution < 1.29 is 37.0 Å². The number of nitrogens with one attached hydrogen (secondary N) is 2. The van der Waals surface area contributed by atoms with Gasteiger partial charge in [0.15, 0.2) is 0 Å². The van der Waals surface area contributed by atoms with Gasteiger partial charge in [-0.1, -0.05) is 30.3 Å². The number of likely N-dealkylation sites (tertiary alicyclic amines) is 1. The van der Waals surface area contributed by atoms with Crippen molar-refractivity contribution in [3.63, 3.8) is 0 Å². The first-order valence-electron chi connectivity index (χ1n) is 17.3. The first kappa shape index (κ1) is 36.1. The van der Waals surface area contributed by atoms with Crippen molar-refractivity contribution >= 4 is 51.9 Å². The van der Waals surface area contributed by atoms with Crippen molar-refractivity contribution in [3.8, 4) is 22.8 Å². The smallest absolute Gasteiger partial charge is 0.206 e. The number of hydrogen-bond donors (Lipinski definition) is 2. The molecule has 3 aliphatic rings. The molecule has 5 atom stereocenters. The van der Waals surface area contributed by atoms with Crippen LogP contribution in [0.4, 0.5) is 0 Å². The second kappa shape index (κ2) is 14.5. The molecule has 0 radical (unpaired) electrons. The van der Waals surface area contributed by atoms with E-state index in [0.717, 1.165) is 11.7 Å². The van der Waals surface area contributed by atoms with Crippen LogP contribution < -0.4 is 19.5 Å². The fourth-order valence-corrected chi connectivity index (χ4v) is 8.19. The summed E-state index contributed by atoms with van der Waals surface area (Å²) in [5.41, 5.74) is 0.729. The molecule has 268 valence electrons. The van der Waals surface area contributed by atoms with E-state index in [1.807, 2.05) is 49.4 Å². The first-order chi connectivity index (χ1) is 24.4. The van der Waals surface area contributed by atoms with Gasteiger partial charge < -0.3 is 4.74 Å². The van der Waals surface area contributed by atoms with Gasteiger partial charge >= 0.3 is 224 Å². The van der Waals surface area contributed by atoms with E-state index in [0.29, 0.717) is 54.5 Å². The number of benzene rings is 2. The third kappa shape index (κ3) is 7.53. The molecule has 3 aromatic rings. The van der Waals surface area contributed by atoms with Crippen molar-refractivity contribution in [2.24, 2.45) is 16.8 Å². The van der Waals surface area contributed by atoms with Crippen LogP contribution in [0.3, 0.4) is 0 Å². The Morgan fingerprint density at radius 3 is 2.51 bits per heavy atom. The number of carbonyl (C=O) groups is 3. The number of fused-ring (bicyclic) bond motifs is 1. The number of sulfonamides is 1. The van der Waals surface area contributed by atoms with Crippen LogP contribution in [0.25, 0.3) is 22.2 Å². The van der Waals surface area contributed by atoms with Gasteiger partial charge in [0.05, 0.1) is 12.4 Å². The molecule has 3 fully saturated rings. The number of rotatable bonds is 14. The Morgan fingerprint density at radius 1 is 1.14 bits per heavy atom. The molecule has 3 amide bonds. The number of aliphatic imine (C=N–C) groups is 1. The number of carbonyl (C=O) groups excluding carboxylic acids is 3. The monoisotopic (exact) mass is 715 g/mol. The molecular weight excluding hydrogens is 673 g/mol. The molecule has 6 rings (SSSR count). The number of methoxy groups -OCH3 is 1. The van der Waals surface area contributed by atoms with Crippen molar-refractivity contribution in [1.29, 1.82) is 0 Å². The SMILES string of the molecule is CCC1C[C@]1(NC(=O)[C@@H]1C[C@@H](Oc2cc(-c3ccccc3)nc3cc(OC)ccc23)CN1C(=O)[C@@H](N=CB=O)C(C)C)C(=O)NS(=O)(=O)C1CC1. The van der Waals surface area contributed by atoms with E-state index in [-0.39, 0.29) is 31.2 Å². The number of amides is 3. The second-order valence-electron chi connectivity index (χ2n) is 13.8. The number of ether oxygens (including phenoxy) is 2. The molecule has 2 heterocycles. The third-order valence-electron chi connectivity index (χ3n) is 9.93. The van der Waals surface area contributed by atoms with E-state index in [9.17, 15) is 27.5 Å². The van der Waals surface area contributed by atoms with E-state index in [2.05, 4.69) is 15.0 Å². The van der Waals surface area contributed by atoms with E-state index in [1.54, 1.807) is 33.1 Å². The summed E-state index contributed by atoms with van der Waals surface area (Å²) in [5.74, 6) is -1.30. The molecule has 0 bridgehead atoms. The molecule has 1 unspecified atom stereocenters. The Kier molecular flexibility index (Phi) is 10.3. The fourth-order valence-electron chi connectivity index (χ4n) is 6.83. The van der Waals surface area contributed by atoms with Crippen LogP contribution in [0, 0.1) is 11.8 Å². The van der Waals surface area contributed by atoms with Crippen LogP contribution in [0.5, 0.6) is 11.5 Å². The van der Waals surface area contributed by atoms with Crippen molar-refractivity contribution in [2.75, 3.05) is 13.7 Å². The van der Waals surface area contributed by atoms with Crippen LogP contribution in [-0.4, -0.2) is 91.9 Å². The summed E-state index contributed by atoms with van der Waals surface area (Å²) in [6.07, 6.45) is 2.22. The van der Waals surface area contributed by atoms with Crippen LogP contribution in [0.2, 0.25) is 0 Å². The average Bonchev–Trinajstić information content (AvgIpc) is 4.05. The Morgan fingerprint density at radius 2 is 1.88 bits per heavy atom. The number of nitrogens with zero attached hydrogens (tertiary/aromatic N) is 3. The van der Waals surface area contributed by atoms with Crippen LogP contribution in [0.1, 0.15) is 52.9 Å². The Hall–Kier alpha value is -4.66. The van der Waals surface area contributed by atoms with E-state index in [1.165, 1.54) is 4.90 Å². The number of pyridine rings is 1. The standard InChI is InChI=1S/C36H42BN5O8S/c1-5-23-18-36(23,35(45)41-51(47,48)26-12-13-26)40-33(43)30-16-25(19-42(30)34(44)32(21(2)3)38-20-37-46)50-31-17-28(22-9-7-6-8-10-22)39-29-15-24(49-4)11-14-27(29)31/h6-11,14-15,17,20-21,23,25-26,30,32H,5,12-13,16,18-19H2,1-4H3,(H,40,43)(H,41,45)/t23?,25-,30+,32+,36-/m1/s1. The van der Waals surface area contributed by atoms with E-state index in [4.69, 9.17) is 14.5 Å². The van der Waals surface area contributed by atoms with Gasteiger partial charge in [-0.2, -0.15) is 0 Å². The molecule has 2 N–H and O–H groups in total. The van der Waals surface area contributed by atoms with Gasteiger partial charge in [-0.25, -0.2) is 8.42 Å². The minimum Gasteiger partial charge on any atom is -0.206 e. The molecule has 1 aliphatic heterocycles. The minimum atomic E-state index is -3.85. The molecule has 51 heavy (non-hydrogen) atoms. The summed E-state index contributed by atoms with van der Waals surface area (Å²) < 4.78 is 50.8. The predicted octanol–water partition coefficient (Wildman–Crippen LogP) is 3.25. The zero-order chi connectivity index (χ0) is 36.5. The van der Waals surface area contributed by atoms with Gasteiger partial charge in [0, 0.05) is 0 Å². The molecule has 1 saturated heterocycles. The van der Waals surface area contributed by atoms with Gasteiger partial charge in [0.1, 0.15) is 5.75 Å². The zero-order valence-corrected chi connectivity index (χ0v) is 29.9. The van der Waals surface area contributed by atoms with Crippen molar-refractivity contribution in [3.05, 3.63) is 54.6 Å². The fraction of sp³-hybridized carbons (Fsp3) is 0.472. The molecule has 0 spiro atoms. The van der Waals surface area contributed by atoms with Crippen molar-refractivity contribution in [2.45, 2.75) is 81.9 Å². The summed E-state index contributed by atoms with van der Waals surface area (Å²) in [6.45, 7) is 5.47. The van der Waals surface area contributed by atoms with Crippen LogP contribution in [-0.2, 0) is 29.1 Å². The maximum absolute atomic E-state index is 14.2.